The van der Waals surface area contributed by atoms with Gasteiger partial charge in [0, 0.05) is 19.1 Å². The van der Waals surface area contributed by atoms with E-state index < -0.39 is 10.7 Å². The van der Waals surface area contributed by atoms with Gasteiger partial charge in [-0.05, 0) is 41.9 Å². The number of nitro groups is 1. The smallest absolute Gasteiger partial charge is 0.295 e. The topological polar surface area (TPSA) is 58.4 Å². The van der Waals surface area contributed by atoms with Gasteiger partial charge in [-0.3, -0.25) is 10.1 Å². The van der Waals surface area contributed by atoms with Gasteiger partial charge in [0.15, 0.2) is 0 Å². The van der Waals surface area contributed by atoms with Gasteiger partial charge >= 0.3 is 0 Å². The first-order chi connectivity index (χ1) is 9.04. The van der Waals surface area contributed by atoms with Crippen molar-refractivity contribution >= 4 is 27.3 Å². The Balaban J connectivity index is 2.42. The number of anilines is 1. The molecule has 1 unspecified atom stereocenters. The molecule has 1 aromatic carbocycles. The second kappa shape index (κ2) is 5.83. The predicted molar refractivity (Wildman–Crippen MR) is 75.0 cm³/mol. The molecule has 1 aliphatic rings. The van der Waals surface area contributed by atoms with E-state index >= 15 is 0 Å². The molecule has 0 aromatic heterocycles. The predicted octanol–water partition coefficient (Wildman–Crippen LogP) is 2.68. The number of likely N-dealkylation sites (N-methyl/N-ethyl adjacent to an activating group) is 1. The van der Waals surface area contributed by atoms with E-state index in [-0.39, 0.29) is 16.2 Å². The van der Waals surface area contributed by atoms with E-state index in [0.29, 0.717) is 5.69 Å². The molecular weight excluding hydrogens is 317 g/mol. The van der Waals surface area contributed by atoms with Crippen LogP contribution in [0, 0.1) is 15.9 Å². The molecule has 7 heteroatoms. The summed E-state index contributed by atoms with van der Waals surface area (Å²) < 4.78 is 13.7. The third kappa shape index (κ3) is 2.87. The van der Waals surface area contributed by atoms with E-state index in [4.69, 9.17) is 0 Å². The maximum absolute atomic E-state index is 13.5. The molecule has 1 saturated heterocycles. The summed E-state index contributed by atoms with van der Waals surface area (Å²) in [5.41, 5.74) is 0.305. The van der Waals surface area contributed by atoms with Crippen molar-refractivity contribution in [3.8, 4) is 0 Å². The molecule has 5 nitrogen and oxygen atoms in total. The normalized spacial score (nSPS) is 18.9. The first kappa shape index (κ1) is 14.2. The Morgan fingerprint density at radius 1 is 1.63 bits per heavy atom. The van der Waals surface area contributed by atoms with E-state index in [0.717, 1.165) is 32.0 Å². The first-order valence-electron chi connectivity index (χ1n) is 6.09. The zero-order chi connectivity index (χ0) is 14.0. The summed E-state index contributed by atoms with van der Waals surface area (Å²) in [6, 6.07) is 2.69. The van der Waals surface area contributed by atoms with Crippen molar-refractivity contribution < 1.29 is 9.31 Å². The number of nitrogens with zero attached hydrogens (tertiary/aromatic N) is 2. The minimum absolute atomic E-state index is 0.177. The maximum atomic E-state index is 13.5. The number of hydrogen-bond acceptors (Lipinski definition) is 4. The van der Waals surface area contributed by atoms with E-state index in [1.165, 1.54) is 6.07 Å². The molecule has 19 heavy (non-hydrogen) atoms. The van der Waals surface area contributed by atoms with Gasteiger partial charge in [0.1, 0.15) is 11.5 Å². The van der Waals surface area contributed by atoms with E-state index in [1.54, 1.807) is 0 Å². The lowest BCUT2D eigenvalue weighted by Gasteiger charge is -2.26. The highest BCUT2D eigenvalue weighted by molar-refractivity contribution is 9.10. The summed E-state index contributed by atoms with van der Waals surface area (Å²) in [6.07, 6.45) is 1.96. The van der Waals surface area contributed by atoms with Gasteiger partial charge < -0.3 is 10.2 Å². The van der Waals surface area contributed by atoms with Crippen molar-refractivity contribution in [2.24, 2.45) is 0 Å². The van der Waals surface area contributed by atoms with Crippen LogP contribution in [0.4, 0.5) is 15.8 Å². The lowest BCUT2D eigenvalue weighted by molar-refractivity contribution is -0.384. The van der Waals surface area contributed by atoms with Crippen LogP contribution in [0.3, 0.4) is 0 Å². The Morgan fingerprint density at radius 2 is 2.37 bits per heavy atom. The summed E-state index contributed by atoms with van der Waals surface area (Å²) in [6.45, 7) is 1.51. The summed E-state index contributed by atoms with van der Waals surface area (Å²) in [4.78, 5) is 12.5. The lowest BCUT2D eigenvalue weighted by Crippen LogP contribution is -2.37. The Bertz CT molecular complexity index is 498. The maximum Gasteiger partial charge on any atom is 0.295 e. The van der Waals surface area contributed by atoms with Crippen LogP contribution < -0.4 is 10.2 Å². The molecule has 0 saturated carbocycles. The molecule has 0 amide bonds. The molecule has 1 aliphatic heterocycles. The van der Waals surface area contributed by atoms with Gasteiger partial charge in [0.25, 0.3) is 5.69 Å². The Kier molecular flexibility index (Phi) is 4.36. The van der Waals surface area contributed by atoms with E-state index in [2.05, 4.69) is 21.2 Å². The van der Waals surface area contributed by atoms with Crippen molar-refractivity contribution in [3.05, 3.63) is 32.5 Å². The van der Waals surface area contributed by atoms with E-state index in [9.17, 15) is 14.5 Å². The van der Waals surface area contributed by atoms with Crippen LogP contribution in [0.15, 0.2) is 16.6 Å². The molecule has 104 valence electrons. The molecule has 0 bridgehead atoms. The number of halogens is 2. The highest BCUT2D eigenvalue weighted by atomic mass is 79.9. The molecule has 1 aromatic rings. The monoisotopic (exact) mass is 331 g/mol. The summed E-state index contributed by atoms with van der Waals surface area (Å²) in [5.74, 6) is -0.611. The highest BCUT2D eigenvalue weighted by Gasteiger charge is 2.30. The van der Waals surface area contributed by atoms with Crippen LogP contribution in [-0.2, 0) is 0 Å². The summed E-state index contributed by atoms with van der Waals surface area (Å²) >= 11 is 3.10. The molecular formula is C12H15BrFN3O2. The Labute approximate surface area is 119 Å². The third-order valence-electron chi connectivity index (χ3n) is 3.34. The third-order valence-corrected chi connectivity index (χ3v) is 3.95. The molecule has 2 rings (SSSR count). The highest BCUT2D eigenvalue weighted by Crippen LogP contribution is 2.36. The zero-order valence-corrected chi connectivity index (χ0v) is 12.1. The fourth-order valence-corrected chi connectivity index (χ4v) is 2.83. The lowest BCUT2D eigenvalue weighted by atomic mass is 10.2. The van der Waals surface area contributed by atoms with Crippen molar-refractivity contribution in [2.75, 3.05) is 25.0 Å². The summed E-state index contributed by atoms with van der Waals surface area (Å²) in [5, 5.41) is 14.2. The SMILES string of the molecule is CNCC1CCCN1c1cc(Br)c(F)cc1[N+](=O)[O-]. The van der Waals surface area contributed by atoms with Gasteiger partial charge in [-0.2, -0.15) is 0 Å². The Morgan fingerprint density at radius 3 is 3.00 bits per heavy atom. The quantitative estimate of drug-likeness (QED) is 0.680. The van der Waals surface area contributed by atoms with Crippen LogP contribution in [0.1, 0.15) is 12.8 Å². The summed E-state index contributed by atoms with van der Waals surface area (Å²) in [7, 11) is 1.85. The van der Waals surface area contributed by atoms with Crippen LogP contribution >= 0.6 is 15.9 Å². The molecule has 0 spiro atoms. The molecule has 1 N–H and O–H groups in total. The number of nitrogens with one attached hydrogen (secondary N) is 1. The molecule has 1 heterocycles. The second-order valence-corrected chi connectivity index (χ2v) is 5.41. The van der Waals surface area contributed by atoms with Gasteiger partial charge in [-0.25, -0.2) is 4.39 Å². The van der Waals surface area contributed by atoms with Crippen LogP contribution in [0.2, 0.25) is 0 Å². The van der Waals surface area contributed by atoms with Crippen LogP contribution in [0.5, 0.6) is 0 Å². The zero-order valence-electron chi connectivity index (χ0n) is 10.5. The van der Waals surface area contributed by atoms with Gasteiger partial charge in [0.05, 0.1) is 15.5 Å². The number of rotatable bonds is 4. The minimum Gasteiger partial charge on any atom is -0.362 e. The molecule has 1 atom stereocenters. The molecule has 1 fully saturated rings. The average Bonchev–Trinajstić information content (AvgIpc) is 2.80. The van der Waals surface area contributed by atoms with Crippen molar-refractivity contribution in [1.29, 1.82) is 0 Å². The van der Waals surface area contributed by atoms with Crippen molar-refractivity contribution in [2.45, 2.75) is 18.9 Å². The average molecular weight is 332 g/mol. The number of hydrogen-bond donors (Lipinski definition) is 1. The van der Waals surface area contributed by atoms with Crippen molar-refractivity contribution in [1.82, 2.24) is 5.32 Å². The van der Waals surface area contributed by atoms with Gasteiger partial charge in [0.2, 0.25) is 0 Å². The fourth-order valence-electron chi connectivity index (χ4n) is 2.50. The minimum atomic E-state index is -0.611. The fraction of sp³-hybridized carbons (Fsp3) is 0.500. The number of benzene rings is 1. The van der Waals surface area contributed by atoms with Crippen LogP contribution in [-0.4, -0.2) is 31.1 Å². The van der Waals surface area contributed by atoms with Crippen molar-refractivity contribution in [3.63, 3.8) is 0 Å². The Hall–Kier alpha value is -1.21. The standard InChI is InChI=1S/C12H15BrFN3O2/c1-15-7-8-3-2-4-16(8)11-5-9(13)10(14)6-12(11)17(18)19/h5-6,8,15H,2-4,7H2,1H3. The largest absolute Gasteiger partial charge is 0.362 e. The second-order valence-electron chi connectivity index (χ2n) is 4.56. The van der Waals surface area contributed by atoms with E-state index in [1.807, 2.05) is 11.9 Å². The van der Waals surface area contributed by atoms with Gasteiger partial charge in [-0.15, -0.1) is 0 Å². The molecule has 0 radical (unpaired) electrons. The number of nitro benzene ring substituents is 1. The molecule has 0 aliphatic carbocycles. The van der Waals surface area contributed by atoms with Crippen LogP contribution in [0.25, 0.3) is 0 Å². The van der Waals surface area contributed by atoms with Gasteiger partial charge in [-0.1, -0.05) is 0 Å². The first-order valence-corrected chi connectivity index (χ1v) is 6.88.